The van der Waals surface area contributed by atoms with Crippen molar-refractivity contribution in [1.29, 1.82) is 0 Å². The predicted octanol–water partition coefficient (Wildman–Crippen LogP) is 4.32. The van der Waals surface area contributed by atoms with E-state index in [1.807, 2.05) is 73.6 Å². The lowest BCUT2D eigenvalue weighted by Crippen LogP contribution is -2.43. The zero-order valence-corrected chi connectivity index (χ0v) is 21.2. The van der Waals surface area contributed by atoms with Gasteiger partial charge in [-0.1, -0.05) is 12.1 Å². The highest BCUT2D eigenvalue weighted by molar-refractivity contribution is 7.99. The third-order valence-electron chi connectivity index (χ3n) is 6.08. The third-order valence-corrected chi connectivity index (χ3v) is 7.44. The summed E-state index contributed by atoms with van der Waals surface area (Å²) in [7, 11) is 5.52. The number of hydrogen-bond acceptors (Lipinski definition) is 8. The van der Waals surface area contributed by atoms with Gasteiger partial charge < -0.3 is 33.9 Å². The van der Waals surface area contributed by atoms with Gasteiger partial charge in [-0.25, -0.2) is 0 Å². The molecule has 3 aromatic carbocycles. The molecule has 0 saturated heterocycles. The number of carbonyl (C=O) groups excluding carboxylic acids is 1. The lowest BCUT2D eigenvalue weighted by molar-refractivity contribution is -0.126. The maximum atomic E-state index is 13.5. The van der Waals surface area contributed by atoms with Crippen molar-refractivity contribution in [1.82, 2.24) is 4.90 Å². The fourth-order valence-electron chi connectivity index (χ4n) is 4.14. The molecule has 0 unspecified atom stereocenters. The summed E-state index contributed by atoms with van der Waals surface area (Å²) in [5.41, 5.74) is 1.59. The molecule has 0 spiro atoms. The number of anilines is 1. The van der Waals surface area contributed by atoms with Crippen LogP contribution < -0.4 is 23.8 Å². The molecule has 0 saturated carbocycles. The second-order valence-electron chi connectivity index (χ2n) is 8.80. The Kier molecular flexibility index (Phi) is 6.95. The number of aliphatic hydroxyl groups excluding tert-OH is 1. The smallest absolute Gasteiger partial charge is 0.257 e. The van der Waals surface area contributed by atoms with Crippen molar-refractivity contribution in [3.63, 3.8) is 0 Å². The van der Waals surface area contributed by atoms with Gasteiger partial charge >= 0.3 is 0 Å². The molecule has 2 aliphatic heterocycles. The molecule has 5 rings (SSSR count). The van der Waals surface area contributed by atoms with E-state index in [0.717, 1.165) is 16.1 Å². The fourth-order valence-corrected chi connectivity index (χ4v) is 5.43. The largest absolute Gasteiger partial charge is 0.497 e. The molecular weight excluding hydrogens is 480 g/mol. The summed E-state index contributed by atoms with van der Waals surface area (Å²) < 4.78 is 22.2. The number of nitrogens with zero attached hydrogens (tertiary/aromatic N) is 2. The maximum absolute atomic E-state index is 13.5. The second kappa shape index (κ2) is 10.3. The van der Waals surface area contributed by atoms with Gasteiger partial charge in [0, 0.05) is 24.1 Å². The van der Waals surface area contributed by atoms with Crippen molar-refractivity contribution in [2.75, 3.05) is 46.0 Å². The molecule has 0 radical (unpaired) electrons. The number of methoxy groups -OCH3 is 1. The molecule has 36 heavy (non-hydrogen) atoms. The number of thioether (sulfide) groups is 1. The highest BCUT2D eigenvalue weighted by Crippen LogP contribution is 2.47. The van der Waals surface area contributed by atoms with E-state index in [2.05, 4.69) is 0 Å². The van der Waals surface area contributed by atoms with Crippen LogP contribution >= 0.6 is 11.8 Å². The first-order chi connectivity index (χ1) is 17.4. The van der Waals surface area contributed by atoms with Crippen molar-refractivity contribution >= 4 is 23.4 Å². The van der Waals surface area contributed by atoms with Crippen LogP contribution in [0.25, 0.3) is 0 Å². The van der Waals surface area contributed by atoms with Crippen LogP contribution in [0, 0.1) is 0 Å². The number of aliphatic hydroxyl groups is 1. The van der Waals surface area contributed by atoms with Gasteiger partial charge in [0.2, 0.25) is 6.79 Å². The average Bonchev–Trinajstić information content (AvgIpc) is 3.32. The Bertz CT molecular complexity index is 1250. The Morgan fingerprint density at radius 2 is 1.69 bits per heavy atom. The lowest BCUT2D eigenvalue weighted by Gasteiger charge is -2.26. The number of fused-ring (bicyclic) bond motifs is 2. The standard InChI is InChI=1S/C27H28N2O6S/c1-28(2)12-13-29-21-10-8-20(35-19-9-11-22-23(14-19)34-16-33-22)15-24(21)36-26(25(30)27(29)31)17-4-6-18(32-3)7-5-17/h4-11,14-15,25-26,30H,12-13,16H2,1-3H3/t25-,26+/m1/s1. The number of likely N-dealkylation sites (N-methyl/N-ethyl adjacent to an activating group) is 1. The summed E-state index contributed by atoms with van der Waals surface area (Å²) in [6.45, 7) is 1.31. The van der Waals surface area contributed by atoms with E-state index in [1.165, 1.54) is 11.8 Å². The number of hydrogen-bond donors (Lipinski definition) is 1. The van der Waals surface area contributed by atoms with Crippen molar-refractivity contribution in [3.8, 4) is 28.7 Å². The Morgan fingerprint density at radius 3 is 2.44 bits per heavy atom. The minimum atomic E-state index is -1.21. The van der Waals surface area contributed by atoms with E-state index < -0.39 is 11.4 Å². The summed E-state index contributed by atoms with van der Waals surface area (Å²) in [6.07, 6.45) is -1.21. The van der Waals surface area contributed by atoms with Crippen molar-refractivity contribution in [3.05, 3.63) is 66.2 Å². The molecule has 2 heterocycles. The quantitative estimate of drug-likeness (QED) is 0.506. The third kappa shape index (κ3) is 4.95. The number of amides is 1. The molecule has 1 N–H and O–H groups in total. The van der Waals surface area contributed by atoms with Gasteiger partial charge in [-0.05, 0) is 62.1 Å². The van der Waals surface area contributed by atoms with Crippen LogP contribution in [0.3, 0.4) is 0 Å². The molecule has 8 nitrogen and oxygen atoms in total. The molecule has 1 amide bonds. The van der Waals surface area contributed by atoms with E-state index in [4.69, 9.17) is 18.9 Å². The summed E-state index contributed by atoms with van der Waals surface area (Å²) in [6, 6.07) is 18.5. The number of carbonyl (C=O) groups is 1. The molecule has 188 valence electrons. The van der Waals surface area contributed by atoms with Crippen molar-refractivity contribution < 1.29 is 28.8 Å². The van der Waals surface area contributed by atoms with Crippen LogP contribution in [0.1, 0.15) is 10.8 Å². The lowest BCUT2D eigenvalue weighted by atomic mass is 10.1. The molecule has 2 atom stereocenters. The summed E-state index contributed by atoms with van der Waals surface area (Å²) in [5.74, 6) is 2.94. The zero-order chi connectivity index (χ0) is 25.2. The van der Waals surface area contributed by atoms with E-state index >= 15 is 0 Å². The van der Waals surface area contributed by atoms with Crippen molar-refractivity contribution in [2.24, 2.45) is 0 Å². The number of ether oxygens (including phenoxy) is 4. The molecule has 0 bridgehead atoms. The molecule has 3 aromatic rings. The minimum absolute atomic E-state index is 0.195. The van der Waals surface area contributed by atoms with Crippen LogP contribution in [-0.2, 0) is 4.79 Å². The molecular formula is C27H28N2O6S. The first-order valence-corrected chi connectivity index (χ1v) is 12.5. The van der Waals surface area contributed by atoms with Crippen LogP contribution in [-0.4, -0.2) is 63.1 Å². The number of rotatable bonds is 7. The van der Waals surface area contributed by atoms with E-state index in [0.29, 0.717) is 41.8 Å². The maximum Gasteiger partial charge on any atom is 0.257 e. The Labute approximate surface area is 214 Å². The Morgan fingerprint density at radius 1 is 1.00 bits per heavy atom. The van der Waals surface area contributed by atoms with Crippen LogP contribution in [0.5, 0.6) is 28.7 Å². The SMILES string of the molecule is COc1ccc([C@@H]2Sc3cc(Oc4ccc5c(c4)OCO5)ccc3N(CCN(C)C)C(=O)[C@@H]2O)cc1. The van der Waals surface area contributed by atoms with Crippen molar-refractivity contribution in [2.45, 2.75) is 16.2 Å². The van der Waals surface area contributed by atoms with Gasteiger partial charge in [0.1, 0.15) is 23.4 Å². The van der Waals surface area contributed by atoms with Gasteiger partial charge in [-0.2, -0.15) is 0 Å². The molecule has 0 fully saturated rings. The van der Waals surface area contributed by atoms with Crippen LogP contribution in [0.15, 0.2) is 65.6 Å². The van der Waals surface area contributed by atoms with Gasteiger partial charge in [0.25, 0.3) is 5.91 Å². The first-order valence-electron chi connectivity index (χ1n) is 11.6. The highest BCUT2D eigenvalue weighted by Gasteiger charge is 2.37. The van der Waals surface area contributed by atoms with E-state index in [-0.39, 0.29) is 12.7 Å². The summed E-state index contributed by atoms with van der Waals surface area (Å²) in [4.78, 5) is 18.0. The summed E-state index contributed by atoms with van der Waals surface area (Å²) in [5, 5.41) is 10.7. The van der Waals surface area contributed by atoms with E-state index in [9.17, 15) is 9.90 Å². The minimum Gasteiger partial charge on any atom is -0.497 e. The zero-order valence-electron chi connectivity index (χ0n) is 20.3. The van der Waals surface area contributed by atoms with Gasteiger partial charge in [0.15, 0.2) is 11.5 Å². The van der Waals surface area contributed by atoms with Gasteiger partial charge in [-0.3, -0.25) is 4.79 Å². The highest BCUT2D eigenvalue weighted by atomic mass is 32.2. The molecule has 0 aliphatic carbocycles. The topological polar surface area (TPSA) is 80.7 Å². The predicted molar refractivity (Wildman–Crippen MR) is 138 cm³/mol. The Balaban J connectivity index is 1.49. The fraction of sp³-hybridized carbons (Fsp3) is 0.296. The summed E-state index contributed by atoms with van der Waals surface area (Å²) >= 11 is 1.45. The molecule has 2 aliphatic rings. The van der Waals surface area contributed by atoms with Gasteiger partial charge in [0.05, 0.1) is 18.0 Å². The monoisotopic (exact) mass is 508 g/mol. The first kappa shape index (κ1) is 24.3. The van der Waals surface area contributed by atoms with E-state index in [1.54, 1.807) is 18.1 Å². The number of benzene rings is 3. The average molecular weight is 509 g/mol. The van der Waals surface area contributed by atoms with Gasteiger partial charge in [-0.15, -0.1) is 11.8 Å². The van der Waals surface area contributed by atoms with Crippen LogP contribution in [0.2, 0.25) is 0 Å². The second-order valence-corrected chi connectivity index (χ2v) is 9.98. The normalized spacial score (nSPS) is 18.7. The molecule has 9 heteroatoms. The van der Waals surface area contributed by atoms with Crippen LogP contribution in [0.4, 0.5) is 5.69 Å². The Hall–Kier alpha value is -3.40. The molecule has 0 aromatic heterocycles.